The molecule has 2 atom stereocenters. The van der Waals surface area contributed by atoms with Gasteiger partial charge in [0, 0.05) is 12.1 Å². The van der Waals surface area contributed by atoms with E-state index in [1.54, 1.807) is 0 Å². The van der Waals surface area contributed by atoms with Gasteiger partial charge in [-0.2, -0.15) is 5.10 Å². The highest BCUT2D eigenvalue weighted by molar-refractivity contribution is 5.92. The predicted octanol–water partition coefficient (Wildman–Crippen LogP) is 0.923. The Balaban J connectivity index is 2.09. The molecule has 0 aromatic carbocycles. The summed E-state index contributed by atoms with van der Waals surface area (Å²) in [5.41, 5.74) is -0.304. The van der Waals surface area contributed by atoms with Crippen LogP contribution in [0.2, 0.25) is 0 Å². The van der Waals surface area contributed by atoms with Crippen LogP contribution >= 0.6 is 0 Å². The molecule has 1 amide bonds. The van der Waals surface area contributed by atoms with Gasteiger partial charge in [-0.25, -0.2) is 5.10 Å². The highest BCUT2D eigenvalue weighted by Gasteiger charge is 2.30. The molecular formula is C14H19N3O4. The topological polar surface area (TPSA) is 112 Å². The lowest BCUT2D eigenvalue weighted by molar-refractivity contribution is -0.143. The van der Waals surface area contributed by atoms with Crippen molar-refractivity contribution in [2.45, 2.75) is 44.6 Å². The van der Waals surface area contributed by atoms with Gasteiger partial charge in [-0.3, -0.25) is 14.4 Å². The number of nitrogens with one attached hydrogen (secondary N) is 2. The van der Waals surface area contributed by atoms with Crippen LogP contribution in [0.4, 0.5) is 0 Å². The minimum absolute atomic E-state index is 0.0841. The zero-order valence-corrected chi connectivity index (χ0v) is 11.7. The number of aromatic amines is 1. The van der Waals surface area contributed by atoms with Crippen molar-refractivity contribution in [3.8, 4) is 0 Å². The fourth-order valence-electron chi connectivity index (χ4n) is 2.67. The number of nitrogens with zero attached hydrogens (tertiary/aromatic N) is 1. The monoisotopic (exact) mass is 293 g/mol. The molecule has 2 unspecified atom stereocenters. The number of hydrogen-bond donors (Lipinski definition) is 3. The number of aliphatic carboxylic acids is 1. The highest BCUT2D eigenvalue weighted by atomic mass is 16.4. The van der Waals surface area contributed by atoms with Gasteiger partial charge in [-0.05, 0) is 18.9 Å². The molecule has 114 valence electrons. The van der Waals surface area contributed by atoms with Crippen LogP contribution in [0.3, 0.4) is 0 Å². The smallest absolute Gasteiger partial charge is 0.308 e. The third-order valence-electron chi connectivity index (χ3n) is 3.81. The first-order chi connectivity index (χ1) is 10.1. The van der Waals surface area contributed by atoms with Gasteiger partial charge in [-0.1, -0.05) is 25.7 Å². The minimum Gasteiger partial charge on any atom is -0.481 e. The van der Waals surface area contributed by atoms with Crippen LogP contribution in [-0.2, 0) is 4.79 Å². The molecule has 0 saturated heterocycles. The number of carboxylic acids is 1. The third-order valence-corrected chi connectivity index (χ3v) is 3.81. The second-order valence-corrected chi connectivity index (χ2v) is 5.32. The number of H-pyrrole nitrogens is 1. The fraction of sp³-hybridized carbons (Fsp3) is 0.571. The van der Waals surface area contributed by atoms with E-state index in [9.17, 15) is 19.5 Å². The molecule has 1 aromatic rings. The van der Waals surface area contributed by atoms with Gasteiger partial charge in [0.25, 0.3) is 11.5 Å². The standard InChI is InChI=1S/C14H19N3O4/c18-12-8-7-11(16-17-12)13(19)15-10-6-4-2-1-3-5-9(10)14(20)21/h7-10H,1-6H2,(H,15,19)(H,17,18)(H,20,21). The summed E-state index contributed by atoms with van der Waals surface area (Å²) >= 11 is 0. The van der Waals surface area contributed by atoms with Crippen LogP contribution in [0.5, 0.6) is 0 Å². The minimum atomic E-state index is -0.878. The molecule has 1 heterocycles. The lowest BCUT2D eigenvalue weighted by Gasteiger charge is -2.27. The van der Waals surface area contributed by atoms with Gasteiger partial charge in [0.15, 0.2) is 0 Å². The van der Waals surface area contributed by atoms with Crippen molar-refractivity contribution in [1.29, 1.82) is 0 Å². The maximum atomic E-state index is 12.1. The van der Waals surface area contributed by atoms with Gasteiger partial charge < -0.3 is 10.4 Å². The number of carbonyl (C=O) groups excluding carboxylic acids is 1. The van der Waals surface area contributed by atoms with Crippen molar-refractivity contribution < 1.29 is 14.7 Å². The fourth-order valence-corrected chi connectivity index (χ4v) is 2.67. The summed E-state index contributed by atoms with van der Waals surface area (Å²) < 4.78 is 0. The Hall–Kier alpha value is -2.18. The first-order valence-corrected chi connectivity index (χ1v) is 7.17. The molecule has 0 bridgehead atoms. The van der Waals surface area contributed by atoms with E-state index in [2.05, 4.69) is 15.5 Å². The molecule has 21 heavy (non-hydrogen) atoms. The summed E-state index contributed by atoms with van der Waals surface area (Å²) in [6, 6.07) is 2.14. The third kappa shape index (κ3) is 4.14. The van der Waals surface area contributed by atoms with Crippen molar-refractivity contribution in [3.63, 3.8) is 0 Å². The highest BCUT2D eigenvalue weighted by Crippen LogP contribution is 2.23. The molecule has 0 aliphatic heterocycles. The SMILES string of the molecule is O=C(NC1CCCCCCC1C(=O)O)c1ccc(=O)[nH]n1. The van der Waals surface area contributed by atoms with Crippen LogP contribution in [-0.4, -0.2) is 33.2 Å². The van der Waals surface area contributed by atoms with Gasteiger partial charge in [-0.15, -0.1) is 0 Å². The van der Waals surface area contributed by atoms with E-state index in [1.165, 1.54) is 12.1 Å². The van der Waals surface area contributed by atoms with Gasteiger partial charge in [0.1, 0.15) is 5.69 Å². The van der Waals surface area contributed by atoms with Crippen molar-refractivity contribution in [1.82, 2.24) is 15.5 Å². The normalized spacial score (nSPS) is 22.9. The van der Waals surface area contributed by atoms with E-state index >= 15 is 0 Å². The summed E-state index contributed by atoms with van der Waals surface area (Å²) in [6.07, 6.45) is 5.06. The molecule has 1 saturated carbocycles. The van der Waals surface area contributed by atoms with Crippen LogP contribution in [0, 0.1) is 5.92 Å². The lowest BCUT2D eigenvalue weighted by atomic mass is 9.86. The summed E-state index contributed by atoms with van der Waals surface area (Å²) in [5.74, 6) is -1.91. The largest absolute Gasteiger partial charge is 0.481 e. The second-order valence-electron chi connectivity index (χ2n) is 5.32. The molecule has 1 aliphatic carbocycles. The summed E-state index contributed by atoms with van der Waals surface area (Å²) in [5, 5.41) is 17.9. The van der Waals surface area contributed by atoms with E-state index in [-0.39, 0.29) is 11.3 Å². The van der Waals surface area contributed by atoms with Crippen LogP contribution < -0.4 is 10.9 Å². The number of hydrogen-bond acceptors (Lipinski definition) is 4. The zero-order chi connectivity index (χ0) is 15.2. The number of carboxylic acid groups (broad SMARTS) is 1. The molecule has 7 nitrogen and oxygen atoms in total. The summed E-state index contributed by atoms with van der Waals surface area (Å²) in [7, 11) is 0. The van der Waals surface area contributed by atoms with Crippen molar-refractivity contribution >= 4 is 11.9 Å². The number of rotatable bonds is 3. The summed E-state index contributed by atoms with van der Waals surface area (Å²) in [4.78, 5) is 34.4. The molecule has 7 heteroatoms. The van der Waals surface area contributed by atoms with E-state index in [1.807, 2.05) is 0 Å². The molecule has 1 aliphatic rings. The van der Waals surface area contributed by atoms with E-state index < -0.39 is 23.8 Å². The Morgan fingerprint density at radius 2 is 1.90 bits per heavy atom. The molecule has 0 spiro atoms. The first-order valence-electron chi connectivity index (χ1n) is 7.17. The number of amides is 1. The van der Waals surface area contributed by atoms with Gasteiger partial charge in [0.05, 0.1) is 5.92 Å². The molecular weight excluding hydrogens is 274 g/mol. The maximum Gasteiger partial charge on any atom is 0.308 e. The van der Waals surface area contributed by atoms with Crippen LogP contribution in [0.1, 0.15) is 49.0 Å². The van der Waals surface area contributed by atoms with Crippen LogP contribution in [0.15, 0.2) is 16.9 Å². The predicted molar refractivity (Wildman–Crippen MR) is 74.9 cm³/mol. The van der Waals surface area contributed by atoms with Gasteiger partial charge >= 0.3 is 5.97 Å². The van der Waals surface area contributed by atoms with E-state index in [0.717, 1.165) is 25.7 Å². The molecule has 0 radical (unpaired) electrons. The molecule has 1 aromatic heterocycles. The van der Waals surface area contributed by atoms with Crippen molar-refractivity contribution in [2.24, 2.45) is 5.92 Å². The van der Waals surface area contributed by atoms with Crippen molar-refractivity contribution in [3.05, 3.63) is 28.2 Å². The summed E-state index contributed by atoms with van der Waals surface area (Å²) in [6.45, 7) is 0. The van der Waals surface area contributed by atoms with Crippen molar-refractivity contribution in [2.75, 3.05) is 0 Å². The Morgan fingerprint density at radius 1 is 1.19 bits per heavy atom. The Bertz CT molecular complexity index is 549. The molecule has 3 N–H and O–H groups in total. The first kappa shape index (κ1) is 15.2. The lowest BCUT2D eigenvalue weighted by Crippen LogP contribution is -2.44. The molecule has 2 rings (SSSR count). The quantitative estimate of drug-likeness (QED) is 0.767. The Kier molecular flexibility index (Phi) is 5.08. The number of aromatic nitrogens is 2. The Labute approximate surface area is 121 Å². The second kappa shape index (κ2) is 7.01. The zero-order valence-electron chi connectivity index (χ0n) is 11.7. The molecule has 1 fully saturated rings. The van der Waals surface area contributed by atoms with Crippen LogP contribution in [0.25, 0.3) is 0 Å². The van der Waals surface area contributed by atoms with E-state index in [4.69, 9.17) is 0 Å². The maximum absolute atomic E-state index is 12.1. The van der Waals surface area contributed by atoms with Gasteiger partial charge in [0.2, 0.25) is 0 Å². The number of carbonyl (C=O) groups is 2. The Morgan fingerprint density at radius 3 is 2.52 bits per heavy atom. The average molecular weight is 293 g/mol. The average Bonchev–Trinajstić information content (AvgIpc) is 2.42. The van der Waals surface area contributed by atoms with E-state index in [0.29, 0.717) is 12.8 Å².